The van der Waals surface area contributed by atoms with Crippen molar-refractivity contribution in [1.82, 2.24) is 14.7 Å². The molecule has 8 heteroatoms. The largest absolute Gasteiger partial charge is 0.480 e. The van der Waals surface area contributed by atoms with Crippen LogP contribution in [0.3, 0.4) is 0 Å². The summed E-state index contributed by atoms with van der Waals surface area (Å²) >= 11 is 0. The summed E-state index contributed by atoms with van der Waals surface area (Å²) in [6.07, 6.45) is 0.881. The Balaban J connectivity index is 2.11. The van der Waals surface area contributed by atoms with Crippen LogP contribution < -0.4 is 5.32 Å². The molecule has 2 atom stereocenters. The van der Waals surface area contributed by atoms with Gasteiger partial charge in [-0.25, -0.2) is 9.59 Å². The molecule has 0 bridgehead atoms. The average Bonchev–Trinajstić information content (AvgIpc) is 2.83. The van der Waals surface area contributed by atoms with Crippen LogP contribution >= 0.6 is 0 Å². The van der Waals surface area contributed by atoms with Gasteiger partial charge in [0.1, 0.15) is 6.04 Å². The Bertz CT molecular complexity index is 513. The van der Waals surface area contributed by atoms with Crippen molar-refractivity contribution in [1.29, 1.82) is 0 Å². The highest BCUT2D eigenvalue weighted by Crippen LogP contribution is 2.20. The third kappa shape index (κ3) is 2.68. The first-order chi connectivity index (χ1) is 8.88. The monoisotopic (exact) mass is 268 g/mol. The summed E-state index contributed by atoms with van der Waals surface area (Å²) in [7, 11) is 1.72. The minimum absolute atomic E-state index is 0.0160. The summed E-state index contributed by atoms with van der Waals surface area (Å²) < 4.78 is 1.55. The Kier molecular flexibility index (Phi) is 3.43. The number of nitrogens with one attached hydrogen (secondary N) is 1. The zero-order valence-corrected chi connectivity index (χ0v) is 10.7. The van der Waals surface area contributed by atoms with Crippen LogP contribution in [0, 0.1) is 6.92 Å². The van der Waals surface area contributed by atoms with E-state index in [0.29, 0.717) is 11.4 Å². The first-order valence-electron chi connectivity index (χ1n) is 5.87. The molecule has 3 N–H and O–H groups in total. The van der Waals surface area contributed by atoms with E-state index in [4.69, 9.17) is 5.11 Å². The zero-order valence-electron chi connectivity index (χ0n) is 10.7. The number of aliphatic hydroxyl groups excluding tert-OH is 1. The van der Waals surface area contributed by atoms with Gasteiger partial charge in [-0.05, 0) is 6.92 Å². The van der Waals surface area contributed by atoms with Gasteiger partial charge in [0, 0.05) is 26.2 Å². The van der Waals surface area contributed by atoms with E-state index < -0.39 is 24.1 Å². The molecule has 1 fully saturated rings. The number of aliphatic hydroxyl groups is 1. The number of hydrogen-bond donors (Lipinski definition) is 3. The van der Waals surface area contributed by atoms with Gasteiger partial charge >= 0.3 is 12.0 Å². The number of nitrogens with zero attached hydrogens (tertiary/aromatic N) is 3. The highest BCUT2D eigenvalue weighted by Gasteiger charge is 2.39. The molecule has 1 aromatic heterocycles. The van der Waals surface area contributed by atoms with E-state index in [1.54, 1.807) is 24.9 Å². The molecule has 2 rings (SSSR count). The fraction of sp³-hybridized carbons (Fsp3) is 0.545. The maximum atomic E-state index is 12.0. The molecule has 1 saturated heterocycles. The zero-order chi connectivity index (χ0) is 14.2. The predicted octanol–water partition coefficient (Wildman–Crippen LogP) is -0.220. The lowest BCUT2D eigenvalue weighted by Gasteiger charge is -2.21. The van der Waals surface area contributed by atoms with Crippen LogP contribution in [0.1, 0.15) is 12.1 Å². The van der Waals surface area contributed by atoms with Gasteiger partial charge in [0.2, 0.25) is 0 Å². The number of aryl methyl sites for hydroxylation is 2. The number of urea groups is 1. The van der Waals surface area contributed by atoms with Crippen LogP contribution in [0.25, 0.3) is 0 Å². The van der Waals surface area contributed by atoms with Crippen LogP contribution in [-0.4, -0.2) is 55.6 Å². The molecule has 0 aliphatic carbocycles. The minimum Gasteiger partial charge on any atom is -0.480 e. The second-order valence-electron chi connectivity index (χ2n) is 4.63. The Labute approximate surface area is 109 Å². The molecule has 0 saturated carbocycles. The number of likely N-dealkylation sites (tertiary alicyclic amines) is 1. The van der Waals surface area contributed by atoms with E-state index in [1.165, 1.54) is 0 Å². The molecule has 104 valence electrons. The summed E-state index contributed by atoms with van der Waals surface area (Å²) in [5.74, 6) is -1.12. The molecule has 0 unspecified atom stereocenters. The molecule has 0 radical (unpaired) electrons. The molecule has 2 amide bonds. The van der Waals surface area contributed by atoms with Crippen LogP contribution in [-0.2, 0) is 11.8 Å². The molecule has 0 spiro atoms. The van der Waals surface area contributed by atoms with Gasteiger partial charge in [-0.3, -0.25) is 4.68 Å². The second kappa shape index (κ2) is 4.88. The standard InChI is InChI=1S/C11H16N4O4/c1-6-8(5-14(2)13-6)12-11(19)15-4-7(16)3-9(15)10(17)18/h5,7,9,16H,3-4H2,1-2H3,(H,12,19)(H,17,18)/t7-,9+/m1/s1. The summed E-state index contributed by atoms with van der Waals surface area (Å²) in [6.45, 7) is 1.76. The third-order valence-electron chi connectivity index (χ3n) is 3.08. The lowest BCUT2D eigenvalue weighted by molar-refractivity contribution is -0.141. The van der Waals surface area contributed by atoms with Crippen molar-refractivity contribution in [2.45, 2.75) is 25.5 Å². The number of anilines is 1. The van der Waals surface area contributed by atoms with Crippen LogP contribution in [0.15, 0.2) is 6.20 Å². The van der Waals surface area contributed by atoms with Crippen LogP contribution in [0.2, 0.25) is 0 Å². The van der Waals surface area contributed by atoms with E-state index in [1.807, 2.05) is 0 Å². The van der Waals surface area contributed by atoms with Gasteiger partial charge in [0.15, 0.2) is 0 Å². The number of hydrogen-bond acceptors (Lipinski definition) is 4. The average molecular weight is 268 g/mol. The number of carbonyl (C=O) groups is 2. The van der Waals surface area contributed by atoms with Gasteiger partial charge < -0.3 is 20.4 Å². The molecule has 2 heterocycles. The third-order valence-corrected chi connectivity index (χ3v) is 3.08. The summed E-state index contributed by atoms with van der Waals surface area (Å²) in [5.41, 5.74) is 1.17. The van der Waals surface area contributed by atoms with E-state index in [-0.39, 0.29) is 13.0 Å². The number of carbonyl (C=O) groups excluding carboxylic acids is 1. The van der Waals surface area contributed by atoms with Crippen molar-refractivity contribution in [2.24, 2.45) is 7.05 Å². The number of aliphatic carboxylic acids is 1. The van der Waals surface area contributed by atoms with Crippen LogP contribution in [0.5, 0.6) is 0 Å². The van der Waals surface area contributed by atoms with Crippen LogP contribution in [0.4, 0.5) is 10.5 Å². The number of carboxylic acids is 1. The molecule has 8 nitrogen and oxygen atoms in total. The summed E-state index contributed by atoms with van der Waals surface area (Å²) in [6, 6.07) is -1.54. The van der Waals surface area contributed by atoms with Crippen molar-refractivity contribution >= 4 is 17.7 Å². The van der Waals surface area contributed by atoms with Crippen molar-refractivity contribution in [3.05, 3.63) is 11.9 Å². The quantitative estimate of drug-likeness (QED) is 0.687. The maximum absolute atomic E-state index is 12.0. The molecular formula is C11H16N4O4. The van der Waals surface area contributed by atoms with Crippen molar-refractivity contribution in [3.8, 4) is 0 Å². The maximum Gasteiger partial charge on any atom is 0.326 e. The van der Waals surface area contributed by atoms with E-state index in [2.05, 4.69) is 10.4 Å². The Morgan fingerprint density at radius 2 is 2.21 bits per heavy atom. The first kappa shape index (κ1) is 13.3. The molecule has 1 aliphatic heterocycles. The number of β-amino-alcohol motifs (C(OH)–C–C–N with tert-alkyl or cyclic N) is 1. The Morgan fingerprint density at radius 3 is 2.74 bits per heavy atom. The van der Waals surface area contributed by atoms with Crippen molar-refractivity contribution in [2.75, 3.05) is 11.9 Å². The number of carboxylic acid groups (broad SMARTS) is 1. The smallest absolute Gasteiger partial charge is 0.326 e. The van der Waals surface area contributed by atoms with E-state index >= 15 is 0 Å². The van der Waals surface area contributed by atoms with Crippen molar-refractivity contribution < 1.29 is 19.8 Å². The van der Waals surface area contributed by atoms with Gasteiger partial charge in [0.05, 0.1) is 17.5 Å². The first-order valence-corrected chi connectivity index (χ1v) is 5.87. The second-order valence-corrected chi connectivity index (χ2v) is 4.63. The fourth-order valence-corrected chi connectivity index (χ4v) is 2.18. The Hall–Kier alpha value is -2.09. The highest BCUT2D eigenvalue weighted by molar-refractivity contribution is 5.93. The lowest BCUT2D eigenvalue weighted by Crippen LogP contribution is -2.43. The van der Waals surface area contributed by atoms with Gasteiger partial charge in [-0.1, -0.05) is 0 Å². The van der Waals surface area contributed by atoms with E-state index in [0.717, 1.165) is 4.90 Å². The van der Waals surface area contributed by atoms with E-state index in [9.17, 15) is 14.7 Å². The number of amides is 2. The molecular weight excluding hydrogens is 252 g/mol. The Morgan fingerprint density at radius 1 is 1.53 bits per heavy atom. The van der Waals surface area contributed by atoms with Gasteiger partial charge in [0.25, 0.3) is 0 Å². The highest BCUT2D eigenvalue weighted by atomic mass is 16.4. The minimum atomic E-state index is -1.12. The predicted molar refractivity (Wildman–Crippen MR) is 65.7 cm³/mol. The molecule has 1 aromatic rings. The SMILES string of the molecule is Cc1nn(C)cc1NC(=O)N1C[C@H](O)C[C@H]1C(=O)O. The normalized spacial score (nSPS) is 22.6. The summed E-state index contributed by atoms with van der Waals surface area (Å²) in [5, 5.41) is 25.2. The topological polar surface area (TPSA) is 108 Å². The fourth-order valence-electron chi connectivity index (χ4n) is 2.18. The molecule has 19 heavy (non-hydrogen) atoms. The summed E-state index contributed by atoms with van der Waals surface area (Å²) in [4.78, 5) is 24.2. The number of aromatic nitrogens is 2. The van der Waals surface area contributed by atoms with Gasteiger partial charge in [-0.15, -0.1) is 0 Å². The molecule has 1 aliphatic rings. The number of rotatable bonds is 2. The van der Waals surface area contributed by atoms with Crippen molar-refractivity contribution in [3.63, 3.8) is 0 Å². The molecule has 0 aromatic carbocycles. The van der Waals surface area contributed by atoms with Gasteiger partial charge in [-0.2, -0.15) is 5.10 Å². The lowest BCUT2D eigenvalue weighted by atomic mass is 10.2.